The van der Waals surface area contributed by atoms with E-state index in [-0.39, 0.29) is 33.5 Å². The van der Waals surface area contributed by atoms with Gasteiger partial charge in [-0.3, -0.25) is 10.1 Å². The predicted molar refractivity (Wildman–Crippen MR) is 99.6 cm³/mol. The van der Waals surface area contributed by atoms with Crippen molar-refractivity contribution < 1.29 is 29.8 Å². The summed E-state index contributed by atoms with van der Waals surface area (Å²) >= 11 is 0.540. The van der Waals surface area contributed by atoms with Gasteiger partial charge in [-0.2, -0.15) is 0 Å². The molecule has 3 aromatic carbocycles. The van der Waals surface area contributed by atoms with Crippen molar-refractivity contribution in [3.8, 4) is 11.5 Å². The molecule has 0 aliphatic heterocycles. The molecule has 0 aliphatic carbocycles. The van der Waals surface area contributed by atoms with Gasteiger partial charge in [0.25, 0.3) is 5.69 Å². The van der Waals surface area contributed by atoms with Crippen LogP contribution in [0.5, 0.6) is 11.5 Å². The number of rotatable bonds is 6. The fraction of sp³-hybridized carbons (Fsp3) is 0. The van der Waals surface area contributed by atoms with Gasteiger partial charge in [-0.15, -0.1) is 14.6 Å². The van der Waals surface area contributed by atoms with Crippen molar-refractivity contribution in [2.24, 2.45) is 10.2 Å². The SMILES string of the molecule is Nc1ccc2cc(SOOO)c(N=Nc3cc([N+](=O)[O-])ccc3O)c(O)c2c1. The minimum absolute atomic E-state index is 0.0916. The third kappa shape index (κ3) is 3.94. The van der Waals surface area contributed by atoms with E-state index in [0.29, 0.717) is 28.5 Å². The maximum atomic E-state index is 10.9. The standard InChI is InChI=1S/C16H12N4O7S/c17-9-2-1-8-5-14(28-27-26-25)15(16(22)11(8)6-9)19-18-12-7-10(20(23)24)3-4-13(12)21/h1-7,21-22,25H,17H2. The number of benzene rings is 3. The second kappa shape index (κ2) is 8.06. The molecule has 11 nitrogen and oxygen atoms in total. The van der Waals surface area contributed by atoms with Gasteiger partial charge in [0.15, 0.2) is 5.75 Å². The molecule has 3 rings (SSSR count). The van der Waals surface area contributed by atoms with Gasteiger partial charge < -0.3 is 15.9 Å². The zero-order valence-electron chi connectivity index (χ0n) is 13.8. The number of nitro benzene ring substituents is 1. The summed E-state index contributed by atoms with van der Waals surface area (Å²) in [5, 5.41) is 51.9. The first-order chi connectivity index (χ1) is 13.4. The Hall–Kier alpha value is -3.45. The van der Waals surface area contributed by atoms with E-state index in [4.69, 9.17) is 11.0 Å². The molecule has 0 bridgehead atoms. The van der Waals surface area contributed by atoms with Gasteiger partial charge in [0, 0.05) is 23.2 Å². The summed E-state index contributed by atoms with van der Waals surface area (Å²) in [5.41, 5.74) is 5.57. The largest absolute Gasteiger partial charge is 0.506 e. The highest BCUT2D eigenvalue weighted by Crippen LogP contribution is 2.45. The van der Waals surface area contributed by atoms with Crippen LogP contribution < -0.4 is 5.73 Å². The lowest BCUT2D eigenvalue weighted by atomic mass is 10.1. The fourth-order valence-electron chi connectivity index (χ4n) is 2.38. The van der Waals surface area contributed by atoms with E-state index in [1.54, 1.807) is 18.2 Å². The number of nitrogens with two attached hydrogens (primary N) is 1. The lowest BCUT2D eigenvalue weighted by Gasteiger charge is -2.09. The highest BCUT2D eigenvalue weighted by atomic mass is 32.2. The molecule has 0 fully saturated rings. The number of azo groups is 1. The molecule has 0 saturated carbocycles. The Morgan fingerprint density at radius 1 is 1.11 bits per heavy atom. The quantitative estimate of drug-likeness (QED) is 0.114. The Labute approximate surface area is 160 Å². The van der Waals surface area contributed by atoms with Crippen LogP contribution in [-0.4, -0.2) is 20.4 Å². The molecule has 0 aromatic heterocycles. The van der Waals surface area contributed by atoms with E-state index in [2.05, 4.69) is 19.6 Å². The summed E-state index contributed by atoms with van der Waals surface area (Å²) in [4.78, 5) is 10.4. The van der Waals surface area contributed by atoms with E-state index < -0.39 is 4.92 Å². The highest BCUT2D eigenvalue weighted by Gasteiger charge is 2.16. The minimum atomic E-state index is -0.650. The van der Waals surface area contributed by atoms with E-state index in [1.807, 2.05) is 0 Å². The molecule has 0 amide bonds. The number of nitrogen functional groups attached to an aromatic ring is 1. The lowest BCUT2D eigenvalue weighted by molar-refractivity contribution is -0.432. The Bertz CT molecular complexity index is 1090. The normalized spacial score (nSPS) is 11.3. The molecule has 3 aromatic rings. The molecular weight excluding hydrogens is 392 g/mol. The number of nitro groups is 1. The fourth-order valence-corrected chi connectivity index (χ4v) is 2.88. The summed E-state index contributed by atoms with van der Waals surface area (Å²) in [6, 6.07) is 9.61. The molecule has 0 spiro atoms. The van der Waals surface area contributed by atoms with E-state index >= 15 is 0 Å². The first-order valence-electron chi connectivity index (χ1n) is 7.50. The van der Waals surface area contributed by atoms with Crippen molar-refractivity contribution in [2.75, 3.05) is 5.73 Å². The molecule has 0 radical (unpaired) electrons. The monoisotopic (exact) mass is 404 g/mol. The Balaban J connectivity index is 2.13. The average molecular weight is 404 g/mol. The van der Waals surface area contributed by atoms with Gasteiger partial charge in [0.1, 0.15) is 17.1 Å². The molecule has 0 heterocycles. The number of phenols is 2. The second-order valence-corrected chi connectivity index (χ2v) is 6.15. The smallest absolute Gasteiger partial charge is 0.271 e. The molecule has 0 unspecified atom stereocenters. The van der Waals surface area contributed by atoms with Gasteiger partial charge in [-0.25, -0.2) is 5.26 Å². The molecule has 0 saturated heterocycles. The predicted octanol–water partition coefficient (Wildman–Crippen LogP) is 4.59. The summed E-state index contributed by atoms with van der Waals surface area (Å²) < 4.78 is 4.41. The van der Waals surface area contributed by atoms with Crippen molar-refractivity contribution in [2.45, 2.75) is 4.90 Å². The molecular formula is C16H12N4O7S. The van der Waals surface area contributed by atoms with E-state index in [0.717, 1.165) is 18.2 Å². The van der Waals surface area contributed by atoms with Gasteiger partial charge in [0.2, 0.25) is 0 Å². The minimum Gasteiger partial charge on any atom is -0.506 e. The Morgan fingerprint density at radius 2 is 1.89 bits per heavy atom. The Kier molecular flexibility index (Phi) is 5.56. The van der Waals surface area contributed by atoms with Crippen LogP contribution in [0, 0.1) is 10.1 Å². The van der Waals surface area contributed by atoms with Crippen LogP contribution in [0.1, 0.15) is 0 Å². The van der Waals surface area contributed by atoms with E-state index in [9.17, 15) is 20.3 Å². The van der Waals surface area contributed by atoms with Gasteiger partial charge in [-0.1, -0.05) is 11.1 Å². The number of hydrogen-bond donors (Lipinski definition) is 4. The van der Waals surface area contributed by atoms with Gasteiger partial charge >= 0.3 is 0 Å². The van der Waals surface area contributed by atoms with Crippen LogP contribution >= 0.6 is 12.0 Å². The zero-order valence-corrected chi connectivity index (χ0v) is 14.7. The first-order valence-corrected chi connectivity index (χ1v) is 8.24. The number of anilines is 1. The topological polar surface area (TPSA) is 173 Å². The third-order valence-electron chi connectivity index (χ3n) is 3.66. The molecule has 28 heavy (non-hydrogen) atoms. The van der Waals surface area contributed by atoms with Crippen molar-refractivity contribution in [1.29, 1.82) is 0 Å². The van der Waals surface area contributed by atoms with Gasteiger partial charge in [-0.05, 0) is 29.7 Å². The Morgan fingerprint density at radius 3 is 2.61 bits per heavy atom. The van der Waals surface area contributed by atoms with Crippen LogP contribution in [0.15, 0.2) is 57.6 Å². The summed E-state index contributed by atoms with van der Waals surface area (Å²) in [6.45, 7) is 0. The highest BCUT2D eigenvalue weighted by molar-refractivity contribution is 7.94. The molecule has 12 heteroatoms. The number of aromatic hydroxyl groups is 2. The maximum Gasteiger partial charge on any atom is 0.271 e. The molecule has 144 valence electrons. The van der Waals surface area contributed by atoms with Gasteiger partial charge in [0.05, 0.1) is 21.9 Å². The second-order valence-electron chi connectivity index (χ2n) is 5.41. The number of hydrogen-bond acceptors (Lipinski definition) is 11. The van der Waals surface area contributed by atoms with Crippen LogP contribution in [0.4, 0.5) is 22.7 Å². The lowest BCUT2D eigenvalue weighted by Crippen LogP contribution is -1.87. The van der Waals surface area contributed by atoms with Crippen LogP contribution in [0.25, 0.3) is 10.8 Å². The molecule has 5 N–H and O–H groups in total. The summed E-state index contributed by atoms with van der Waals surface area (Å²) in [6.07, 6.45) is 0. The number of phenolic OH excluding ortho intramolecular Hbond substituents is 2. The van der Waals surface area contributed by atoms with Crippen molar-refractivity contribution in [1.82, 2.24) is 0 Å². The van der Waals surface area contributed by atoms with Crippen LogP contribution in [-0.2, 0) is 9.37 Å². The van der Waals surface area contributed by atoms with Crippen molar-refractivity contribution in [3.63, 3.8) is 0 Å². The average Bonchev–Trinajstić information content (AvgIpc) is 2.67. The maximum absolute atomic E-state index is 10.9. The number of fused-ring (bicyclic) bond motifs is 1. The van der Waals surface area contributed by atoms with Crippen molar-refractivity contribution in [3.05, 3.63) is 52.6 Å². The first kappa shape index (κ1) is 19.3. The number of nitrogens with zero attached hydrogens (tertiary/aromatic N) is 3. The van der Waals surface area contributed by atoms with Crippen LogP contribution in [0.2, 0.25) is 0 Å². The summed E-state index contributed by atoms with van der Waals surface area (Å²) in [5.74, 6) is -0.648. The molecule has 0 aliphatic rings. The van der Waals surface area contributed by atoms with E-state index in [1.165, 1.54) is 6.07 Å². The summed E-state index contributed by atoms with van der Waals surface area (Å²) in [7, 11) is 0. The van der Waals surface area contributed by atoms with Crippen molar-refractivity contribution >= 4 is 45.6 Å². The molecule has 0 atom stereocenters. The third-order valence-corrected chi connectivity index (χ3v) is 4.28. The number of non-ortho nitro benzene ring substituents is 1. The zero-order chi connectivity index (χ0) is 20.3. The van der Waals surface area contributed by atoms with Crippen LogP contribution in [0.3, 0.4) is 0 Å².